The number of rotatable bonds is 3. The van der Waals surface area contributed by atoms with Gasteiger partial charge in [0.25, 0.3) is 0 Å². The number of nitrogens with one attached hydrogen (secondary N) is 2. The van der Waals surface area contributed by atoms with Crippen molar-refractivity contribution >= 4 is 29.3 Å². The number of allylic oxidation sites excluding steroid dienone is 2. The van der Waals surface area contributed by atoms with Crippen LogP contribution in [0.5, 0.6) is 0 Å². The van der Waals surface area contributed by atoms with Crippen molar-refractivity contribution in [3.05, 3.63) is 65.7 Å². The normalized spacial score (nSPS) is 26.8. The van der Waals surface area contributed by atoms with E-state index >= 15 is 0 Å². The highest BCUT2D eigenvalue weighted by molar-refractivity contribution is 6.22. The van der Waals surface area contributed by atoms with Crippen molar-refractivity contribution in [1.29, 1.82) is 0 Å². The number of hydrogen-bond donors (Lipinski definition) is 2. The van der Waals surface area contributed by atoms with Crippen LogP contribution in [0.15, 0.2) is 54.6 Å². The first kappa shape index (κ1) is 19.0. The number of benzene rings is 2. The number of imide groups is 1. The molecule has 1 heterocycles. The first-order chi connectivity index (χ1) is 15.5. The number of carbonyl (C=O) groups is 4. The van der Waals surface area contributed by atoms with E-state index in [9.17, 15) is 19.2 Å². The summed E-state index contributed by atoms with van der Waals surface area (Å²) in [4.78, 5) is 52.0. The summed E-state index contributed by atoms with van der Waals surface area (Å²) >= 11 is 0. The molecule has 2 bridgehead atoms. The molecule has 1 saturated carbocycles. The number of amides is 4. The van der Waals surface area contributed by atoms with Gasteiger partial charge in [0.15, 0.2) is 5.78 Å². The fourth-order valence-electron chi connectivity index (χ4n) is 5.72. The lowest BCUT2D eigenvalue weighted by atomic mass is 9.63. The lowest BCUT2D eigenvalue weighted by molar-refractivity contribution is -0.140. The van der Waals surface area contributed by atoms with Crippen molar-refractivity contribution in [2.45, 2.75) is 12.8 Å². The SMILES string of the molecule is O=C(NCN1C(=O)[C@@H]2[C@H](C1=O)[C@H]1C=C[C@H]2CC1)Nc1ccc2c(c1)C(=O)c1ccccc1-2. The third-order valence-corrected chi connectivity index (χ3v) is 7.23. The molecule has 7 rings (SSSR count). The van der Waals surface area contributed by atoms with Gasteiger partial charge in [-0.25, -0.2) is 4.79 Å². The summed E-state index contributed by atoms with van der Waals surface area (Å²) in [6.07, 6.45) is 6.00. The van der Waals surface area contributed by atoms with Crippen LogP contribution in [0.3, 0.4) is 0 Å². The van der Waals surface area contributed by atoms with E-state index in [2.05, 4.69) is 22.8 Å². The van der Waals surface area contributed by atoms with Gasteiger partial charge >= 0.3 is 6.03 Å². The number of likely N-dealkylation sites (tertiary alicyclic amines) is 1. The molecule has 0 spiro atoms. The minimum Gasteiger partial charge on any atom is -0.320 e. The number of anilines is 1. The Balaban J connectivity index is 1.13. The zero-order valence-electron chi connectivity index (χ0n) is 17.2. The molecule has 5 aliphatic rings. The van der Waals surface area contributed by atoms with E-state index in [-0.39, 0.29) is 47.9 Å². The molecule has 2 fully saturated rings. The fraction of sp³-hybridized carbons (Fsp3) is 0.280. The van der Waals surface area contributed by atoms with Gasteiger partial charge in [-0.3, -0.25) is 19.3 Å². The van der Waals surface area contributed by atoms with Gasteiger partial charge in [-0.15, -0.1) is 0 Å². The van der Waals surface area contributed by atoms with Crippen molar-refractivity contribution in [2.75, 3.05) is 12.0 Å². The topological polar surface area (TPSA) is 95.6 Å². The molecule has 4 amide bonds. The average Bonchev–Trinajstić information content (AvgIpc) is 3.25. The molecular weight excluding hydrogens is 406 g/mol. The molecule has 160 valence electrons. The van der Waals surface area contributed by atoms with Gasteiger partial charge in [-0.05, 0) is 47.9 Å². The van der Waals surface area contributed by atoms with Crippen LogP contribution in [0.25, 0.3) is 11.1 Å². The van der Waals surface area contributed by atoms with Gasteiger partial charge in [-0.2, -0.15) is 0 Å². The Morgan fingerprint density at radius 2 is 1.47 bits per heavy atom. The van der Waals surface area contributed by atoms with Gasteiger partial charge in [0.2, 0.25) is 11.8 Å². The molecule has 7 nitrogen and oxygen atoms in total. The molecule has 0 radical (unpaired) electrons. The van der Waals surface area contributed by atoms with E-state index in [4.69, 9.17) is 0 Å². The predicted molar refractivity (Wildman–Crippen MR) is 117 cm³/mol. The van der Waals surface area contributed by atoms with Gasteiger partial charge < -0.3 is 10.6 Å². The van der Waals surface area contributed by atoms with Crippen molar-refractivity contribution in [3.8, 4) is 11.1 Å². The summed E-state index contributed by atoms with van der Waals surface area (Å²) in [6.45, 7) is -0.161. The lowest BCUT2D eigenvalue weighted by Crippen LogP contribution is -2.43. The maximum absolute atomic E-state index is 12.8. The van der Waals surface area contributed by atoms with E-state index in [1.807, 2.05) is 24.3 Å². The monoisotopic (exact) mass is 427 g/mol. The molecule has 4 atom stereocenters. The predicted octanol–water partition coefficient (Wildman–Crippen LogP) is 3.17. The zero-order chi connectivity index (χ0) is 22.0. The average molecular weight is 427 g/mol. The fourth-order valence-corrected chi connectivity index (χ4v) is 5.72. The Morgan fingerprint density at radius 1 is 0.844 bits per heavy atom. The second-order valence-electron chi connectivity index (χ2n) is 8.87. The summed E-state index contributed by atoms with van der Waals surface area (Å²) in [5.74, 6) is -0.804. The standard InChI is InChI=1S/C25H21N3O4/c29-22-18-4-2-1-3-16(18)17-10-9-15(11-19(17)22)27-25(32)26-12-28-23(30)20-13-5-6-14(8-7-13)21(20)24(28)31/h1-6,9-11,13-14,20-21H,7-8,12H2,(H2,26,27,32)/t13-,14-,20-,21+/m0/s1. The summed E-state index contributed by atoms with van der Waals surface area (Å²) in [5, 5.41) is 5.32. The van der Waals surface area contributed by atoms with E-state index in [0.29, 0.717) is 16.8 Å². The highest BCUT2D eigenvalue weighted by Crippen LogP contribution is 2.49. The van der Waals surface area contributed by atoms with Crippen LogP contribution in [0, 0.1) is 23.7 Å². The smallest absolute Gasteiger partial charge is 0.320 e. The van der Waals surface area contributed by atoms with Gasteiger partial charge in [-0.1, -0.05) is 42.5 Å². The van der Waals surface area contributed by atoms with Crippen molar-refractivity contribution in [3.63, 3.8) is 0 Å². The molecule has 1 saturated heterocycles. The Kier molecular flexibility index (Phi) is 4.08. The minimum absolute atomic E-state index is 0.0706. The van der Waals surface area contributed by atoms with E-state index in [1.54, 1.807) is 18.2 Å². The molecule has 0 aromatic heterocycles. The van der Waals surface area contributed by atoms with E-state index in [1.165, 1.54) is 4.90 Å². The number of hydrogen-bond acceptors (Lipinski definition) is 4. The van der Waals surface area contributed by atoms with Crippen molar-refractivity contribution < 1.29 is 19.2 Å². The third-order valence-electron chi connectivity index (χ3n) is 7.23. The van der Waals surface area contributed by atoms with Crippen LogP contribution in [-0.4, -0.2) is 35.2 Å². The largest absolute Gasteiger partial charge is 0.320 e. The second-order valence-corrected chi connectivity index (χ2v) is 8.87. The van der Waals surface area contributed by atoms with Crippen LogP contribution in [0.4, 0.5) is 10.5 Å². The molecule has 1 aliphatic heterocycles. The Bertz CT molecular complexity index is 1200. The van der Waals surface area contributed by atoms with Gasteiger partial charge in [0.1, 0.15) is 6.67 Å². The zero-order valence-corrected chi connectivity index (χ0v) is 17.2. The summed E-state index contributed by atoms with van der Waals surface area (Å²) in [7, 11) is 0. The maximum atomic E-state index is 12.8. The van der Waals surface area contributed by atoms with Crippen LogP contribution in [-0.2, 0) is 9.59 Å². The molecule has 2 aromatic rings. The number of urea groups is 1. The Morgan fingerprint density at radius 3 is 2.12 bits per heavy atom. The van der Waals surface area contributed by atoms with E-state index < -0.39 is 6.03 Å². The highest BCUT2D eigenvalue weighted by atomic mass is 16.2. The number of ketones is 1. The summed E-state index contributed by atoms with van der Waals surface area (Å²) in [6, 6.07) is 12.1. The number of fused-ring (bicyclic) bond motifs is 4. The van der Waals surface area contributed by atoms with Gasteiger partial charge in [0, 0.05) is 16.8 Å². The first-order valence-electron chi connectivity index (χ1n) is 10.9. The molecule has 4 aliphatic carbocycles. The molecular formula is C25H21N3O4. The molecule has 2 N–H and O–H groups in total. The summed E-state index contributed by atoms with van der Waals surface area (Å²) < 4.78 is 0. The third kappa shape index (κ3) is 2.67. The molecule has 0 unspecified atom stereocenters. The van der Waals surface area contributed by atoms with Gasteiger partial charge in [0.05, 0.1) is 11.8 Å². The van der Waals surface area contributed by atoms with Crippen molar-refractivity contribution in [1.82, 2.24) is 10.2 Å². The summed E-state index contributed by atoms with van der Waals surface area (Å²) in [5.41, 5.74) is 3.40. The van der Waals surface area contributed by atoms with Crippen LogP contribution < -0.4 is 10.6 Å². The molecule has 7 heteroatoms. The lowest BCUT2D eigenvalue weighted by Gasteiger charge is -2.38. The Labute approximate surface area is 184 Å². The first-order valence-corrected chi connectivity index (χ1v) is 10.9. The van der Waals surface area contributed by atoms with Crippen LogP contribution >= 0.6 is 0 Å². The van der Waals surface area contributed by atoms with Crippen LogP contribution in [0.1, 0.15) is 28.8 Å². The Hall–Kier alpha value is -3.74. The molecule has 32 heavy (non-hydrogen) atoms. The van der Waals surface area contributed by atoms with Crippen LogP contribution in [0.2, 0.25) is 0 Å². The number of carbonyl (C=O) groups excluding carboxylic acids is 4. The minimum atomic E-state index is -0.538. The number of nitrogens with zero attached hydrogens (tertiary/aromatic N) is 1. The van der Waals surface area contributed by atoms with E-state index in [0.717, 1.165) is 24.0 Å². The second kappa shape index (κ2) is 6.88. The quantitative estimate of drug-likeness (QED) is 0.496. The van der Waals surface area contributed by atoms with Crippen molar-refractivity contribution in [2.24, 2.45) is 23.7 Å². The highest BCUT2D eigenvalue weighted by Gasteiger charge is 2.56. The maximum Gasteiger partial charge on any atom is 0.320 e. The molecule has 2 aromatic carbocycles.